The Kier molecular flexibility index (Phi) is 8.74. The smallest absolute Gasteiger partial charge is 0.310 e. The van der Waals surface area contributed by atoms with Gasteiger partial charge in [-0.1, -0.05) is 6.07 Å². The molecule has 0 spiro atoms. The van der Waals surface area contributed by atoms with Crippen molar-refractivity contribution < 1.29 is 28.2 Å². The largest absolute Gasteiger partial charge is 0.497 e. The van der Waals surface area contributed by atoms with E-state index in [0.29, 0.717) is 29.2 Å². The second-order valence-electron chi connectivity index (χ2n) is 6.52. The summed E-state index contributed by atoms with van der Waals surface area (Å²) >= 11 is 0. The molecule has 0 aromatic heterocycles. The highest BCUT2D eigenvalue weighted by Gasteiger charge is 2.18. The van der Waals surface area contributed by atoms with Crippen LogP contribution in [0.5, 0.6) is 11.5 Å². The van der Waals surface area contributed by atoms with Gasteiger partial charge < -0.3 is 14.2 Å². The molecule has 0 amide bonds. The van der Waals surface area contributed by atoms with Crippen molar-refractivity contribution in [2.75, 3.05) is 7.11 Å². The van der Waals surface area contributed by atoms with Crippen LogP contribution in [0.2, 0.25) is 0 Å². The van der Waals surface area contributed by atoms with Crippen LogP contribution in [0, 0.1) is 10.7 Å². The number of nitroso groups, excluding NO2 is 1. The Morgan fingerprint density at radius 2 is 1.71 bits per heavy atom. The van der Waals surface area contributed by atoms with Gasteiger partial charge in [0.05, 0.1) is 13.5 Å². The first kappa shape index (κ1) is 22.8. The lowest BCUT2D eigenvalue weighted by Gasteiger charge is -2.19. The summed E-state index contributed by atoms with van der Waals surface area (Å²) < 4.78 is 28.0. The number of halogens is 1. The number of carbonyl (C=O) groups is 2. The summed E-state index contributed by atoms with van der Waals surface area (Å²) in [6.07, 6.45) is -0.0763. The van der Waals surface area contributed by atoms with Crippen molar-refractivity contribution in [1.82, 2.24) is 0 Å². The molecule has 0 saturated carbocycles. The van der Waals surface area contributed by atoms with Crippen molar-refractivity contribution in [2.45, 2.75) is 32.8 Å². The summed E-state index contributed by atoms with van der Waals surface area (Å²) in [4.78, 5) is 31.3. The maximum Gasteiger partial charge on any atom is 0.310 e. The molecule has 7 nitrogen and oxygen atoms in total. The predicted octanol–water partition coefficient (Wildman–Crippen LogP) is 4.34. The molecule has 0 aliphatic carbocycles. The van der Waals surface area contributed by atoms with Crippen LogP contribution in [0.1, 0.15) is 26.3 Å². The Morgan fingerprint density at radius 1 is 1.11 bits per heavy atom. The molecule has 2 rings (SSSR count). The van der Waals surface area contributed by atoms with E-state index in [1.165, 1.54) is 43.5 Å². The van der Waals surface area contributed by atoms with Gasteiger partial charge in [-0.05, 0) is 61.8 Å². The van der Waals surface area contributed by atoms with E-state index in [1.54, 1.807) is 26.8 Å². The molecule has 0 saturated heterocycles. The van der Waals surface area contributed by atoms with Crippen LogP contribution < -0.4 is 9.47 Å². The second kappa shape index (κ2) is 10.8. The number of ether oxygens (including phenoxy) is 3. The van der Waals surface area contributed by atoms with Gasteiger partial charge in [-0.25, -0.2) is 4.39 Å². The summed E-state index contributed by atoms with van der Waals surface area (Å²) in [6.45, 7) is 5.64. The zero-order valence-electron chi connectivity index (χ0n) is 16.1. The highest BCUT2D eigenvalue weighted by Crippen LogP contribution is 2.18. The molecule has 0 atom stereocenters. The average molecular weight is 391 g/mol. The Labute approximate surface area is 162 Å². The zero-order valence-corrected chi connectivity index (χ0v) is 16.1. The van der Waals surface area contributed by atoms with E-state index in [2.05, 4.69) is 9.91 Å². The molecule has 2 aromatic carbocycles. The van der Waals surface area contributed by atoms with Gasteiger partial charge in [0, 0.05) is 6.07 Å². The van der Waals surface area contributed by atoms with Crippen LogP contribution in [0.4, 0.5) is 10.1 Å². The third-order valence-electron chi connectivity index (χ3n) is 3.14. The lowest BCUT2D eigenvalue weighted by Crippen LogP contribution is -2.25. The normalized spacial score (nSPS) is 10.2. The molecular weight excluding hydrogens is 369 g/mol. The maximum atomic E-state index is 13.5. The first-order valence-electron chi connectivity index (χ1n) is 8.26. The molecule has 150 valence electrons. The third kappa shape index (κ3) is 8.39. The number of nitrogens with zero attached hydrogens (tertiary/aromatic N) is 1. The van der Waals surface area contributed by atoms with E-state index in [-0.39, 0.29) is 6.42 Å². The van der Waals surface area contributed by atoms with E-state index in [0.717, 1.165) is 0 Å². The summed E-state index contributed by atoms with van der Waals surface area (Å²) in [5, 5.41) is 2.68. The Balaban J connectivity index is 0.000000307. The molecule has 0 heterocycles. The van der Waals surface area contributed by atoms with Crippen molar-refractivity contribution in [3.05, 3.63) is 58.8 Å². The van der Waals surface area contributed by atoms with Crippen molar-refractivity contribution in [1.29, 1.82) is 0 Å². The minimum Gasteiger partial charge on any atom is -0.497 e. The fourth-order valence-corrected chi connectivity index (χ4v) is 1.97. The van der Waals surface area contributed by atoms with Gasteiger partial charge in [-0.15, -0.1) is 4.91 Å². The van der Waals surface area contributed by atoms with E-state index < -0.39 is 17.4 Å². The lowest BCUT2D eigenvalue weighted by molar-refractivity contribution is -0.154. The lowest BCUT2D eigenvalue weighted by atomic mass is 10.1. The van der Waals surface area contributed by atoms with E-state index in [4.69, 9.17) is 9.47 Å². The van der Waals surface area contributed by atoms with Crippen LogP contribution in [-0.2, 0) is 20.7 Å². The molecule has 0 aliphatic heterocycles. The van der Waals surface area contributed by atoms with Gasteiger partial charge in [0.25, 0.3) is 6.47 Å². The second-order valence-corrected chi connectivity index (χ2v) is 6.52. The molecule has 0 bridgehead atoms. The molecule has 28 heavy (non-hydrogen) atoms. The number of benzene rings is 2. The number of carbonyl (C=O) groups excluding carboxylic acids is 2. The van der Waals surface area contributed by atoms with Gasteiger partial charge in [0.15, 0.2) is 0 Å². The minimum atomic E-state index is -0.556. The van der Waals surface area contributed by atoms with Crippen LogP contribution in [-0.4, -0.2) is 25.2 Å². The summed E-state index contributed by atoms with van der Waals surface area (Å²) in [6, 6.07) is 10.3. The molecular formula is C20H22FNO6. The van der Waals surface area contributed by atoms with E-state index >= 15 is 0 Å². The van der Waals surface area contributed by atoms with E-state index in [9.17, 15) is 18.9 Å². The van der Waals surface area contributed by atoms with Crippen molar-refractivity contribution >= 4 is 18.1 Å². The highest BCUT2D eigenvalue weighted by molar-refractivity contribution is 5.73. The van der Waals surface area contributed by atoms with E-state index in [1.807, 2.05) is 0 Å². The van der Waals surface area contributed by atoms with Crippen LogP contribution in [0.15, 0.2) is 47.6 Å². The fraction of sp³-hybridized carbons (Fsp3) is 0.300. The Bertz CT molecular complexity index is 799. The highest BCUT2D eigenvalue weighted by atomic mass is 19.1. The Hall–Kier alpha value is -3.29. The van der Waals surface area contributed by atoms with Gasteiger partial charge in [-0.2, -0.15) is 0 Å². The maximum absolute atomic E-state index is 13.5. The fourth-order valence-electron chi connectivity index (χ4n) is 1.97. The monoisotopic (exact) mass is 391 g/mol. The summed E-state index contributed by atoms with van der Waals surface area (Å²) in [5.74, 6) is -0.0837. The van der Waals surface area contributed by atoms with Crippen LogP contribution in [0.25, 0.3) is 0 Å². The quantitative estimate of drug-likeness (QED) is 0.413. The van der Waals surface area contributed by atoms with Gasteiger partial charge in [-0.3, -0.25) is 9.59 Å². The molecule has 2 aromatic rings. The average Bonchev–Trinajstić information content (AvgIpc) is 2.63. The number of methoxy groups -OCH3 is 1. The molecule has 0 radical (unpaired) electrons. The van der Waals surface area contributed by atoms with Crippen molar-refractivity contribution in [3.8, 4) is 11.5 Å². The SMILES string of the molecule is COc1ccc(CC(=O)OC(C)(C)C)c(F)c1.O=COc1ccc(N=O)cc1. The number of hydrogen-bond acceptors (Lipinski definition) is 7. The molecule has 0 fully saturated rings. The molecule has 0 N–H and O–H groups in total. The number of hydrogen-bond donors (Lipinski definition) is 0. The first-order chi connectivity index (χ1) is 13.2. The summed E-state index contributed by atoms with van der Waals surface area (Å²) in [5.41, 5.74) is 0.0586. The first-order valence-corrected chi connectivity index (χ1v) is 8.26. The molecule has 0 unspecified atom stereocenters. The number of esters is 1. The topological polar surface area (TPSA) is 91.3 Å². The predicted molar refractivity (Wildman–Crippen MR) is 101 cm³/mol. The van der Waals surface area contributed by atoms with Gasteiger partial charge in [0.2, 0.25) is 0 Å². The third-order valence-corrected chi connectivity index (χ3v) is 3.14. The molecule has 0 aliphatic rings. The Morgan fingerprint density at radius 3 is 2.18 bits per heavy atom. The minimum absolute atomic E-state index is 0.0763. The standard InChI is InChI=1S/C13H17FO3.C7H5NO3/c1-13(2,3)17-12(15)7-9-5-6-10(16-4)8-11(9)14;9-5-11-7-3-1-6(8-10)2-4-7/h5-6,8H,7H2,1-4H3;1-5H. The van der Waals surface area contributed by atoms with Crippen LogP contribution in [0.3, 0.4) is 0 Å². The van der Waals surface area contributed by atoms with Gasteiger partial charge in [0.1, 0.15) is 28.6 Å². The van der Waals surface area contributed by atoms with Crippen molar-refractivity contribution in [3.63, 3.8) is 0 Å². The van der Waals surface area contributed by atoms with Gasteiger partial charge >= 0.3 is 5.97 Å². The summed E-state index contributed by atoms with van der Waals surface area (Å²) in [7, 11) is 1.46. The molecule has 8 heteroatoms. The van der Waals surface area contributed by atoms with Crippen LogP contribution >= 0.6 is 0 Å². The van der Waals surface area contributed by atoms with Crippen molar-refractivity contribution in [2.24, 2.45) is 5.18 Å². The zero-order chi connectivity index (χ0) is 21.2. The number of rotatable bonds is 6.